The average molecular weight is 292 g/mol. The summed E-state index contributed by atoms with van der Waals surface area (Å²) in [6.45, 7) is 0. The third-order valence-corrected chi connectivity index (χ3v) is 4.15. The van der Waals surface area contributed by atoms with Crippen molar-refractivity contribution in [2.45, 2.75) is 4.90 Å². The van der Waals surface area contributed by atoms with Crippen LogP contribution in [0.4, 0.5) is 4.39 Å². The Hall–Kier alpha value is -2.14. The molecule has 3 nitrogen and oxygen atoms in total. The van der Waals surface area contributed by atoms with Gasteiger partial charge in [-0.15, -0.1) is 0 Å². The van der Waals surface area contributed by atoms with E-state index in [1.807, 2.05) is 0 Å². The van der Waals surface area contributed by atoms with Crippen molar-refractivity contribution in [2.75, 3.05) is 7.11 Å². The maximum Gasteiger partial charge on any atom is 0.203 e. The molecular weight excluding hydrogens is 279 g/mol. The molecule has 0 aromatic heterocycles. The molecule has 0 unspecified atom stereocenters. The van der Waals surface area contributed by atoms with Gasteiger partial charge in [-0.1, -0.05) is 30.3 Å². The fraction of sp³-hybridized carbons (Fsp3) is 0.0667. The fourth-order valence-electron chi connectivity index (χ4n) is 1.70. The molecule has 0 N–H and O–H groups in total. The first-order chi connectivity index (χ1) is 9.54. The molecule has 5 heteroatoms. The van der Waals surface area contributed by atoms with Gasteiger partial charge in [0.2, 0.25) is 9.84 Å². The second-order valence-electron chi connectivity index (χ2n) is 4.02. The summed E-state index contributed by atoms with van der Waals surface area (Å²) >= 11 is 0. The van der Waals surface area contributed by atoms with Gasteiger partial charge in [-0.3, -0.25) is 0 Å². The van der Waals surface area contributed by atoms with E-state index < -0.39 is 15.7 Å². The highest BCUT2D eigenvalue weighted by Gasteiger charge is 2.15. The summed E-state index contributed by atoms with van der Waals surface area (Å²) in [6, 6.07) is 12.2. The quantitative estimate of drug-likeness (QED) is 0.868. The maximum absolute atomic E-state index is 13.4. The Morgan fingerprint density at radius 2 is 1.70 bits per heavy atom. The largest absolute Gasteiger partial charge is 0.495 e. The van der Waals surface area contributed by atoms with Gasteiger partial charge >= 0.3 is 0 Å². The predicted octanol–water partition coefficient (Wildman–Crippen LogP) is 3.28. The van der Waals surface area contributed by atoms with Crippen LogP contribution >= 0.6 is 0 Å². The van der Waals surface area contributed by atoms with Crippen LogP contribution in [0.5, 0.6) is 5.75 Å². The third kappa shape index (κ3) is 3.05. The zero-order valence-electron chi connectivity index (χ0n) is 10.8. The summed E-state index contributed by atoms with van der Waals surface area (Å²) in [5.41, 5.74) is 0.214. The van der Waals surface area contributed by atoms with Crippen LogP contribution < -0.4 is 4.74 Å². The monoisotopic (exact) mass is 292 g/mol. The number of hydrogen-bond donors (Lipinski definition) is 0. The molecule has 0 saturated heterocycles. The number of benzene rings is 2. The molecule has 0 atom stereocenters. The van der Waals surface area contributed by atoms with E-state index in [1.54, 1.807) is 30.3 Å². The van der Waals surface area contributed by atoms with E-state index in [4.69, 9.17) is 4.74 Å². The molecule has 0 bridgehead atoms. The van der Waals surface area contributed by atoms with Crippen LogP contribution in [-0.4, -0.2) is 15.5 Å². The minimum absolute atomic E-state index is 0.0510. The van der Waals surface area contributed by atoms with Crippen LogP contribution in [0.1, 0.15) is 5.56 Å². The standard InChI is InChI=1S/C15H13FO3S/c1-19-14-8-4-5-9-15(14)20(17,18)11-10-12-6-2-3-7-13(12)16/h2-11H,1H3/b11-10+. The molecule has 20 heavy (non-hydrogen) atoms. The number of rotatable bonds is 4. The molecule has 0 aliphatic carbocycles. The fourth-order valence-corrected chi connectivity index (χ4v) is 2.87. The number of sulfone groups is 1. The van der Waals surface area contributed by atoms with Crippen LogP contribution in [0.2, 0.25) is 0 Å². The topological polar surface area (TPSA) is 43.4 Å². The van der Waals surface area contributed by atoms with E-state index in [0.29, 0.717) is 0 Å². The molecule has 2 aromatic rings. The number of ether oxygens (including phenoxy) is 1. The highest BCUT2D eigenvalue weighted by Crippen LogP contribution is 2.25. The highest BCUT2D eigenvalue weighted by molar-refractivity contribution is 7.94. The molecule has 104 valence electrons. The van der Waals surface area contributed by atoms with Crippen LogP contribution in [0, 0.1) is 5.82 Å². The molecule has 0 aliphatic heterocycles. The number of hydrogen-bond acceptors (Lipinski definition) is 3. The molecule has 0 heterocycles. The minimum Gasteiger partial charge on any atom is -0.495 e. The van der Waals surface area contributed by atoms with Gasteiger partial charge in [-0.2, -0.15) is 0 Å². The van der Waals surface area contributed by atoms with E-state index >= 15 is 0 Å². The lowest BCUT2D eigenvalue weighted by Gasteiger charge is -2.06. The highest BCUT2D eigenvalue weighted by atomic mass is 32.2. The number of methoxy groups -OCH3 is 1. The van der Waals surface area contributed by atoms with Gasteiger partial charge in [0.15, 0.2) is 0 Å². The Morgan fingerprint density at radius 1 is 1.05 bits per heavy atom. The zero-order chi connectivity index (χ0) is 14.6. The lowest BCUT2D eigenvalue weighted by atomic mass is 10.2. The summed E-state index contributed by atoms with van der Waals surface area (Å²) in [5.74, 6) is -0.218. The van der Waals surface area contributed by atoms with Crippen LogP contribution in [-0.2, 0) is 9.84 Å². The first-order valence-corrected chi connectivity index (χ1v) is 7.40. The second-order valence-corrected chi connectivity index (χ2v) is 5.82. The van der Waals surface area contributed by atoms with Crippen LogP contribution in [0.25, 0.3) is 6.08 Å². The minimum atomic E-state index is -3.69. The third-order valence-electron chi connectivity index (χ3n) is 2.71. The van der Waals surface area contributed by atoms with E-state index in [-0.39, 0.29) is 16.2 Å². The molecule has 0 fully saturated rings. The Bertz CT molecular complexity index is 736. The molecule has 0 radical (unpaired) electrons. The molecule has 0 spiro atoms. The van der Waals surface area contributed by atoms with E-state index in [2.05, 4.69) is 0 Å². The molecule has 2 rings (SSSR count). The lowest BCUT2D eigenvalue weighted by Crippen LogP contribution is -1.99. The van der Waals surface area contributed by atoms with Gasteiger partial charge in [0.05, 0.1) is 7.11 Å². The summed E-state index contributed by atoms with van der Waals surface area (Å²) in [7, 11) is -2.29. The average Bonchev–Trinajstić information content (AvgIpc) is 2.46. The van der Waals surface area contributed by atoms with Crippen molar-refractivity contribution >= 4 is 15.9 Å². The van der Waals surface area contributed by atoms with Gasteiger partial charge in [-0.05, 0) is 24.3 Å². The normalized spacial score (nSPS) is 11.7. The van der Waals surface area contributed by atoms with Crippen molar-refractivity contribution in [1.82, 2.24) is 0 Å². The summed E-state index contributed by atoms with van der Waals surface area (Å²) in [5, 5.41) is 0.975. The first-order valence-electron chi connectivity index (χ1n) is 5.85. The van der Waals surface area contributed by atoms with Gasteiger partial charge in [0.25, 0.3) is 0 Å². The molecule has 0 aliphatic rings. The lowest BCUT2D eigenvalue weighted by molar-refractivity contribution is 0.403. The van der Waals surface area contributed by atoms with E-state index in [1.165, 1.54) is 31.4 Å². The first kappa shape index (κ1) is 14.3. The number of para-hydroxylation sites is 1. The summed E-state index contributed by atoms with van der Waals surface area (Å²) < 4.78 is 42.9. The SMILES string of the molecule is COc1ccccc1S(=O)(=O)/C=C/c1ccccc1F. The summed E-state index contributed by atoms with van der Waals surface area (Å²) in [6.07, 6.45) is 1.23. The Kier molecular flexibility index (Phi) is 4.20. The molecule has 0 amide bonds. The van der Waals surface area contributed by atoms with Gasteiger partial charge < -0.3 is 4.74 Å². The van der Waals surface area contributed by atoms with Gasteiger partial charge in [0, 0.05) is 11.0 Å². The van der Waals surface area contributed by atoms with Crippen molar-refractivity contribution in [2.24, 2.45) is 0 Å². The second kappa shape index (κ2) is 5.88. The Balaban J connectivity index is 2.39. The van der Waals surface area contributed by atoms with Crippen molar-refractivity contribution in [1.29, 1.82) is 0 Å². The van der Waals surface area contributed by atoms with Crippen molar-refractivity contribution in [3.63, 3.8) is 0 Å². The smallest absolute Gasteiger partial charge is 0.203 e. The Labute approximate surface area is 117 Å². The zero-order valence-corrected chi connectivity index (χ0v) is 11.6. The van der Waals surface area contributed by atoms with Crippen molar-refractivity contribution in [3.05, 3.63) is 65.3 Å². The summed E-state index contributed by atoms with van der Waals surface area (Å²) in [4.78, 5) is 0.0510. The van der Waals surface area contributed by atoms with Gasteiger partial charge in [-0.25, -0.2) is 12.8 Å². The Morgan fingerprint density at radius 3 is 2.40 bits per heavy atom. The number of halogens is 1. The van der Waals surface area contributed by atoms with E-state index in [9.17, 15) is 12.8 Å². The van der Waals surface area contributed by atoms with Crippen molar-refractivity contribution in [3.8, 4) is 5.75 Å². The molecular formula is C15H13FO3S. The van der Waals surface area contributed by atoms with Crippen molar-refractivity contribution < 1.29 is 17.5 Å². The molecule has 2 aromatic carbocycles. The van der Waals surface area contributed by atoms with Crippen LogP contribution in [0.15, 0.2) is 58.8 Å². The maximum atomic E-state index is 13.4. The van der Waals surface area contributed by atoms with Crippen LogP contribution in [0.3, 0.4) is 0 Å². The van der Waals surface area contributed by atoms with Gasteiger partial charge in [0.1, 0.15) is 16.5 Å². The predicted molar refractivity (Wildman–Crippen MR) is 75.6 cm³/mol. The molecule has 0 saturated carbocycles. The van der Waals surface area contributed by atoms with E-state index in [0.717, 1.165) is 5.41 Å².